The van der Waals surface area contributed by atoms with Crippen LogP contribution >= 0.6 is 0 Å². The average molecular weight is 293 g/mol. The zero-order valence-electron chi connectivity index (χ0n) is 13.5. The predicted octanol–water partition coefficient (Wildman–Crippen LogP) is 2.64. The normalized spacial score (nSPS) is 21.6. The number of anilines is 1. The molecule has 0 spiro atoms. The van der Waals surface area contributed by atoms with Crippen LogP contribution < -0.4 is 10.6 Å². The first-order valence-electron chi connectivity index (χ1n) is 8.08. The lowest BCUT2D eigenvalue weighted by Gasteiger charge is -2.41. The molecule has 0 bridgehead atoms. The zero-order chi connectivity index (χ0) is 15.4. The molecule has 2 unspecified atom stereocenters. The molecule has 1 aliphatic rings. The molecule has 2 rings (SSSR count). The van der Waals surface area contributed by atoms with E-state index in [9.17, 15) is 4.39 Å². The summed E-state index contributed by atoms with van der Waals surface area (Å²) in [5.74, 6) is -0.169. The Bertz CT molecular complexity index is 463. The lowest BCUT2D eigenvalue weighted by atomic mass is 10.0. The quantitative estimate of drug-likeness (QED) is 0.906. The van der Waals surface area contributed by atoms with E-state index in [-0.39, 0.29) is 11.9 Å². The van der Waals surface area contributed by atoms with Crippen LogP contribution in [0.5, 0.6) is 0 Å². The second kappa shape index (κ2) is 7.23. The highest BCUT2D eigenvalue weighted by molar-refractivity contribution is 5.54. The van der Waals surface area contributed by atoms with Gasteiger partial charge >= 0.3 is 0 Å². The zero-order valence-corrected chi connectivity index (χ0v) is 13.5. The minimum Gasteiger partial charge on any atom is -0.368 e. The van der Waals surface area contributed by atoms with Crippen molar-refractivity contribution in [2.45, 2.75) is 45.7 Å². The number of piperazine rings is 1. The first-order chi connectivity index (χ1) is 10.0. The number of benzene rings is 1. The van der Waals surface area contributed by atoms with Gasteiger partial charge in [-0.1, -0.05) is 13.8 Å². The molecule has 0 aromatic heterocycles. The van der Waals surface area contributed by atoms with Crippen molar-refractivity contribution in [3.05, 3.63) is 29.6 Å². The summed E-state index contributed by atoms with van der Waals surface area (Å²) in [4.78, 5) is 4.87. The van der Waals surface area contributed by atoms with Gasteiger partial charge in [0.2, 0.25) is 0 Å². The van der Waals surface area contributed by atoms with E-state index in [4.69, 9.17) is 5.73 Å². The molecule has 3 nitrogen and oxygen atoms in total. The molecular weight excluding hydrogens is 265 g/mol. The number of halogens is 1. The highest BCUT2D eigenvalue weighted by Crippen LogP contribution is 2.26. The molecule has 0 saturated carbocycles. The van der Waals surface area contributed by atoms with Crippen LogP contribution in [0.1, 0.15) is 32.8 Å². The van der Waals surface area contributed by atoms with E-state index >= 15 is 0 Å². The van der Waals surface area contributed by atoms with E-state index in [0.29, 0.717) is 6.04 Å². The summed E-state index contributed by atoms with van der Waals surface area (Å²) >= 11 is 0. The average Bonchev–Trinajstić information content (AvgIpc) is 2.47. The van der Waals surface area contributed by atoms with Crippen molar-refractivity contribution in [3.63, 3.8) is 0 Å². The van der Waals surface area contributed by atoms with Gasteiger partial charge in [-0.25, -0.2) is 4.39 Å². The maximum atomic E-state index is 13.6. The fourth-order valence-corrected chi connectivity index (χ4v) is 3.14. The first kappa shape index (κ1) is 16.2. The van der Waals surface area contributed by atoms with E-state index in [1.165, 1.54) is 0 Å². The van der Waals surface area contributed by atoms with Crippen LogP contribution in [-0.2, 0) is 6.42 Å². The van der Waals surface area contributed by atoms with Crippen LogP contribution in [0.15, 0.2) is 18.2 Å². The Kier molecular flexibility index (Phi) is 5.59. The lowest BCUT2D eigenvalue weighted by Crippen LogP contribution is -2.52. The molecule has 2 N–H and O–H groups in total. The Morgan fingerprint density at radius 3 is 2.71 bits per heavy atom. The SMILES string of the molecule is CCC(N)Cc1cc(F)ccc1N1CCN(CC)C(C)C1. The molecule has 1 aliphatic heterocycles. The Labute approximate surface area is 127 Å². The summed E-state index contributed by atoms with van der Waals surface area (Å²) in [6, 6.07) is 5.76. The van der Waals surface area contributed by atoms with E-state index in [1.54, 1.807) is 12.1 Å². The molecule has 0 radical (unpaired) electrons. The Morgan fingerprint density at radius 2 is 2.10 bits per heavy atom. The van der Waals surface area contributed by atoms with Crippen molar-refractivity contribution in [3.8, 4) is 0 Å². The van der Waals surface area contributed by atoms with Crippen molar-refractivity contribution in [1.29, 1.82) is 0 Å². The van der Waals surface area contributed by atoms with Gasteiger partial charge in [0.05, 0.1) is 0 Å². The summed E-state index contributed by atoms with van der Waals surface area (Å²) < 4.78 is 13.6. The standard InChI is InChI=1S/C17H28FN3/c1-4-16(19)11-14-10-15(18)6-7-17(14)21-9-8-20(5-2)13(3)12-21/h6-7,10,13,16H,4-5,8-9,11-12,19H2,1-3H3. The van der Waals surface area contributed by atoms with Gasteiger partial charge in [-0.15, -0.1) is 0 Å². The van der Waals surface area contributed by atoms with Gasteiger partial charge < -0.3 is 10.6 Å². The number of nitrogens with two attached hydrogens (primary N) is 1. The van der Waals surface area contributed by atoms with Crippen molar-refractivity contribution >= 4 is 5.69 Å². The first-order valence-corrected chi connectivity index (χ1v) is 8.08. The van der Waals surface area contributed by atoms with Gasteiger partial charge in [0.15, 0.2) is 0 Å². The molecule has 1 heterocycles. The van der Waals surface area contributed by atoms with Gasteiger partial charge in [0.1, 0.15) is 5.82 Å². The van der Waals surface area contributed by atoms with Crippen molar-refractivity contribution in [2.75, 3.05) is 31.1 Å². The van der Waals surface area contributed by atoms with Crippen LogP contribution in [0.2, 0.25) is 0 Å². The molecule has 1 saturated heterocycles. The fraction of sp³-hybridized carbons (Fsp3) is 0.647. The van der Waals surface area contributed by atoms with Crippen molar-refractivity contribution in [2.24, 2.45) is 5.73 Å². The highest BCUT2D eigenvalue weighted by Gasteiger charge is 2.24. The molecule has 118 valence electrons. The topological polar surface area (TPSA) is 32.5 Å². The minimum absolute atomic E-state index is 0.0971. The van der Waals surface area contributed by atoms with E-state index in [1.807, 2.05) is 6.07 Å². The van der Waals surface area contributed by atoms with E-state index in [0.717, 1.165) is 50.3 Å². The summed E-state index contributed by atoms with van der Waals surface area (Å²) in [6.45, 7) is 10.7. The molecular formula is C17H28FN3. The number of hydrogen-bond acceptors (Lipinski definition) is 3. The van der Waals surface area contributed by atoms with E-state index in [2.05, 4.69) is 30.6 Å². The third kappa shape index (κ3) is 3.95. The Hall–Kier alpha value is -1.13. The maximum absolute atomic E-state index is 13.6. The van der Waals surface area contributed by atoms with Crippen LogP contribution in [-0.4, -0.2) is 43.2 Å². The summed E-state index contributed by atoms with van der Waals surface area (Å²) in [5.41, 5.74) is 8.27. The van der Waals surface area contributed by atoms with Gasteiger partial charge in [0.25, 0.3) is 0 Å². The third-order valence-electron chi connectivity index (χ3n) is 4.56. The van der Waals surface area contributed by atoms with Crippen LogP contribution in [0.25, 0.3) is 0 Å². The minimum atomic E-state index is -0.169. The Morgan fingerprint density at radius 1 is 1.33 bits per heavy atom. The largest absolute Gasteiger partial charge is 0.368 e. The van der Waals surface area contributed by atoms with Gasteiger partial charge in [-0.3, -0.25) is 4.90 Å². The molecule has 1 aromatic carbocycles. The monoisotopic (exact) mass is 293 g/mol. The summed E-state index contributed by atoms with van der Waals surface area (Å²) in [6.07, 6.45) is 1.65. The number of rotatable bonds is 5. The third-order valence-corrected chi connectivity index (χ3v) is 4.56. The molecule has 1 fully saturated rings. The predicted molar refractivity (Wildman–Crippen MR) is 87.3 cm³/mol. The number of likely N-dealkylation sites (N-methyl/N-ethyl adjacent to an activating group) is 1. The van der Waals surface area contributed by atoms with Crippen LogP contribution in [0, 0.1) is 5.82 Å². The highest BCUT2D eigenvalue weighted by atomic mass is 19.1. The molecule has 0 amide bonds. The van der Waals surface area contributed by atoms with Gasteiger partial charge in [-0.2, -0.15) is 0 Å². The van der Waals surface area contributed by atoms with E-state index < -0.39 is 0 Å². The molecule has 1 aromatic rings. The van der Waals surface area contributed by atoms with Crippen LogP contribution in [0.4, 0.5) is 10.1 Å². The molecule has 21 heavy (non-hydrogen) atoms. The van der Waals surface area contributed by atoms with Crippen LogP contribution in [0.3, 0.4) is 0 Å². The maximum Gasteiger partial charge on any atom is 0.123 e. The molecule has 4 heteroatoms. The fourth-order valence-electron chi connectivity index (χ4n) is 3.14. The second-order valence-electron chi connectivity index (χ2n) is 6.07. The molecule has 2 atom stereocenters. The smallest absolute Gasteiger partial charge is 0.123 e. The summed E-state index contributed by atoms with van der Waals surface area (Å²) in [7, 11) is 0. The summed E-state index contributed by atoms with van der Waals surface area (Å²) in [5, 5.41) is 0. The number of nitrogens with zero attached hydrogens (tertiary/aromatic N) is 2. The van der Waals surface area contributed by atoms with Gasteiger partial charge in [-0.05, 0) is 50.1 Å². The lowest BCUT2D eigenvalue weighted by molar-refractivity contribution is 0.199. The van der Waals surface area contributed by atoms with Crippen molar-refractivity contribution in [1.82, 2.24) is 4.90 Å². The Balaban J connectivity index is 2.19. The number of hydrogen-bond donors (Lipinski definition) is 1. The second-order valence-corrected chi connectivity index (χ2v) is 6.07. The van der Waals surface area contributed by atoms with Gasteiger partial charge in [0, 0.05) is 37.4 Å². The van der Waals surface area contributed by atoms with Crippen molar-refractivity contribution < 1.29 is 4.39 Å². The molecule has 0 aliphatic carbocycles.